The molecule has 0 radical (unpaired) electrons. The number of hydrogen-bond acceptors (Lipinski definition) is 6. The van der Waals surface area contributed by atoms with E-state index in [1.807, 2.05) is 64.1 Å². The lowest BCUT2D eigenvalue weighted by molar-refractivity contribution is 0.0137. The first-order valence-electron chi connectivity index (χ1n) is 15.2. The summed E-state index contributed by atoms with van der Waals surface area (Å²) in [5, 5.41) is 5.06. The van der Waals surface area contributed by atoms with Crippen molar-refractivity contribution in [2.45, 2.75) is 45.3 Å². The standard InChI is InChI=1S/C36H40N4O5/c1-24(30-17-11-15-25-14-9-10-16-31(25)30)40(35(43)45-36(2,3)4)22-28-21-39(23-32(28)26-12-7-6-8-13-26)34(42)38-29-18-27(19-37-20-29)33(41)44-5/h6-20,24,28,32H,21-23H2,1-5H3,(H,38,42)/t24-,28-,32-/m1/s1. The van der Waals surface area contributed by atoms with Gasteiger partial charge in [-0.15, -0.1) is 0 Å². The maximum absolute atomic E-state index is 13.9. The van der Waals surface area contributed by atoms with Gasteiger partial charge in [0.25, 0.3) is 0 Å². The van der Waals surface area contributed by atoms with Crippen LogP contribution >= 0.6 is 0 Å². The molecule has 3 atom stereocenters. The van der Waals surface area contributed by atoms with E-state index in [-0.39, 0.29) is 29.5 Å². The van der Waals surface area contributed by atoms with E-state index >= 15 is 0 Å². The van der Waals surface area contributed by atoms with Crippen LogP contribution in [0.4, 0.5) is 15.3 Å². The molecular weight excluding hydrogens is 568 g/mol. The number of fused-ring (bicyclic) bond motifs is 1. The van der Waals surface area contributed by atoms with Crippen LogP contribution in [0.3, 0.4) is 0 Å². The Kier molecular flexibility index (Phi) is 9.37. The summed E-state index contributed by atoms with van der Waals surface area (Å²) in [4.78, 5) is 47.1. The van der Waals surface area contributed by atoms with Crippen molar-refractivity contribution in [1.29, 1.82) is 0 Å². The van der Waals surface area contributed by atoms with E-state index in [1.165, 1.54) is 25.6 Å². The van der Waals surface area contributed by atoms with Crippen LogP contribution in [0.25, 0.3) is 10.8 Å². The zero-order valence-corrected chi connectivity index (χ0v) is 26.4. The topological polar surface area (TPSA) is 101 Å². The molecule has 0 saturated carbocycles. The average molecular weight is 609 g/mol. The van der Waals surface area contributed by atoms with Crippen LogP contribution in [0.5, 0.6) is 0 Å². The maximum atomic E-state index is 13.9. The van der Waals surface area contributed by atoms with Crippen molar-refractivity contribution in [3.05, 3.63) is 108 Å². The van der Waals surface area contributed by atoms with E-state index < -0.39 is 17.7 Å². The molecule has 1 saturated heterocycles. The first kappa shape index (κ1) is 31.5. The summed E-state index contributed by atoms with van der Waals surface area (Å²) in [6, 6.07) is 25.3. The van der Waals surface area contributed by atoms with Crippen LogP contribution in [0.15, 0.2) is 91.3 Å². The molecule has 3 amide bonds. The molecule has 234 valence electrons. The number of nitrogens with zero attached hydrogens (tertiary/aromatic N) is 3. The minimum absolute atomic E-state index is 0.0267. The summed E-state index contributed by atoms with van der Waals surface area (Å²) in [5.74, 6) is -0.643. The van der Waals surface area contributed by atoms with Crippen LogP contribution in [0.2, 0.25) is 0 Å². The number of ether oxygens (including phenoxy) is 2. The van der Waals surface area contributed by atoms with E-state index in [0.717, 1.165) is 21.9 Å². The molecule has 0 spiro atoms. The lowest BCUT2D eigenvalue weighted by Crippen LogP contribution is -2.42. The number of likely N-dealkylation sites (tertiary alicyclic amines) is 1. The van der Waals surface area contributed by atoms with E-state index in [1.54, 1.807) is 9.80 Å². The number of benzene rings is 3. The third-order valence-electron chi connectivity index (χ3n) is 8.17. The lowest BCUT2D eigenvalue weighted by Gasteiger charge is -2.35. The molecule has 0 aliphatic carbocycles. The van der Waals surface area contributed by atoms with Crippen molar-refractivity contribution < 1.29 is 23.9 Å². The van der Waals surface area contributed by atoms with Crippen LogP contribution in [0, 0.1) is 5.92 Å². The molecule has 9 heteroatoms. The number of urea groups is 1. The molecule has 1 N–H and O–H groups in total. The van der Waals surface area contributed by atoms with Crippen molar-refractivity contribution >= 4 is 34.6 Å². The van der Waals surface area contributed by atoms with Gasteiger partial charge in [0.2, 0.25) is 0 Å². The van der Waals surface area contributed by atoms with Crippen molar-refractivity contribution in [3.8, 4) is 0 Å². The summed E-state index contributed by atoms with van der Waals surface area (Å²) < 4.78 is 10.7. The Hall–Kier alpha value is -4.92. The van der Waals surface area contributed by atoms with Crippen molar-refractivity contribution in [2.24, 2.45) is 5.92 Å². The monoisotopic (exact) mass is 608 g/mol. The van der Waals surface area contributed by atoms with Gasteiger partial charge in [-0.2, -0.15) is 0 Å². The summed E-state index contributed by atoms with van der Waals surface area (Å²) in [7, 11) is 1.30. The first-order valence-corrected chi connectivity index (χ1v) is 15.2. The van der Waals surface area contributed by atoms with E-state index in [2.05, 4.69) is 46.7 Å². The van der Waals surface area contributed by atoms with Crippen LogP contribution in [0.1, 0.15) is 61.1 Å². The Labute approximate surface area is 264 Å². The highest BCUT2D eigenvalue weighted by Gasteiger charge is 2.40. The first-order chi connectivity index (χ1) is 21.5. The highest BCUT2D eigenvalue weighted by atomic mass is 16.6. The van der Waals surface area contributed by atoms with Gasteiger partial charge in [-0.3, -0.25) is 4.98 Å². The van der Waals surface area contributed by atoms with Gasteiger partial charge in [-0.05, 0) is 55.7 Å². The smallest absolute Gasteiger partial charge is 0.410 e. The second-order valence-corrected chi connectivity index (χ2v) is 12.4. The minimum atomic E-state index is -0.680. The van der Waals surface area contributed by atoms with Crippen LogP contribution in [-0.4, -0.2) is 65.2 Å². The number of anilines is 1. The number of carbonyl (C=O) groups excluding carboxylic acids is 3. The Balaban J connectivity index is 1.45. The highest BCUT2D eigenvalue weighted by Crippen LogP contribution is 2.37. The normalized spacial score (nSPS) is 17.0. The Morgan fingerprint density at radius 2 is 1.69 bits per heavy atom. The number of carbonyl (C=O) groups is 3. The molecule has 1 aliphatic heterocycles. The second kappa shape index (κ2) is 13.4. The van der Waals surface area contributed by atoms with Gasteiger partial charge in [0, 0.05) is 37.7 Å². The Morgan fingerprint density at radius 1 is 0.978 bits per heavy atom. The van der Waals surface area contributed by atoms with Gasteiger partial charge in [0.1, 0.15) is 5.60 Å². The van der Waals surface area contributed by atoms with E-state index in [0.29, 0.717) is 25.3 Å². The van der Waals surface area contributed by atoms with Gasteiger partial charge in [-0.25, -0.2) is 14.4 Å². The zero-order valence-electron chi connectivity index (χ0n) is 26.4. The van der Waals surface area contributed by atoms with Gasteiger partial charge in [0.15, 0.2) is 0 Å². The molecule has 4 aromatic rings. The summed E-state index contributed by atoms with van der Waals surface area (Å²) in [6.45, 7) is 8.87. The number of esters is 1. The fourth-order valence-corrected chi connectivity index (χ4v) is 5.99. The second-order valence-electron chi connectivity index (χ2n) is 12.4. The molecule has 9 nitrogen and oxygen atoms in total. The van der Waals surface area contributed by atoms with E-state index in [4.69, 9.17) is 9.47 Å². The summed E-state index contributed by atoms with van der Waals surface area (Å²) in [5.41, 5.74) is 2.07. The molecule has 0 bridgehead atoms. The van der Waals surface area contributed by atoms with Crippen LogP contribution < -0.4 is 5.32 Å². The highest BCUT2D eigenvalue weighted by molar-refractivity contribution is 5.93. The van der Waals surface area contributed by atoms with Crippen molar-refractivity contribution in [3.63, 3.8) is 0 Å². The summed E-state index contributed by atoms with van der Waals surface area (Å²) >= 11 is 0. The maximum Gasteiger partial charge on any atom is 0.410 e. The Morgan fingerprint density at radius 3 is 2.42 bits per heavy atom. The molecule has 1 fully saturated rings. The predicted octanol–water partition coefficient (Wildman–Crippen LogP) is 7.27. The number of amides is 3. The molecule has 5 rings (SSSR count). The van der Waals surface area contributed by atoms with Crippen molar-refractivity contribution in [2.75, 3.05) is 32.1 Å². The number of hydrogen-bond donors (Lipinski definition) is 1. The fourth-order valence-electron chi connectivity index (χ4n) is 5.99. The molecule has 1 aliphatic rings. The van der Waals surface area contributed by atoms with Gasteiger partial charge < -0.3 is 24.6 Å². The third kappa shape index (κ3) is 7.42. The quantitative estimate of drug-likeness (QED) is 0.222. The number of methoxy groups -OCH3 is 1. The number of aromatic nitrogens is 1. The molecule has 2 heterocycles. The fraction of sp³-hybridized carbons (Fsp3) is 0.333. The largest absolute Gasteiger partial charge is 0.465 e. The molecular formula is C36H40N4O5. The molecule has 1 aromatic heterocycles. The zero-order chi connectivity index (χ0) is 32.1. The van der Waals surface area contributed by atoms with Gasteiger partial charge in [-0.1, -0.05) is 72.8 Å². The predicted molar refractivity (Wildman–Crippen MR) is 174 cm³/mol. The number of nitrogens with one attached hydrogen (secondary N) is 1. The third-order valence-corrected chi connectivity index (χ3v) is 8.17. The average Bonchev–Trinajstić information content (AvgIpc) is 3.46. The SMILES string of the molecule is COC(=O)c1cncc(NC(=O)N2C[C@H](CN(C(=O)OC(C)(C)C)[C@H](C)c3cccc4ccccc34)[C@@H](c3ccccc3)C2)c1. The van der Waals surface area contributed by atoms with E-state index in [9.17, 15) is 14.4 Å². The number of rotatable bonds is 7. The van der Waals surface area contributed by atoms with Crippen LogP contribution in [-0.2, 0) is 9.47 Å². The lowest BCUT2D eigenvalue weighted by atomic mass is 9.88. The van der Waals surface area contributed by atoms with Gasteiger partial charge in [0.05, 0.1) is 30.6 Å². The molecule has 3 aromatic carbocycles. The molecule has 0 unspecified atom stereocenters. The minimum Gasteiger partial charge on any atom is -0.465 e. The molecule has 45 heavy (non-hydrogen) atoms. The van der Waals surface area contributed by atoms with Crippen molar-refractivity contribution in [1.82, 2.24) is 14.8 Å². The summed E-state index contributed by atoms with van der Waals surface area (Å²) in [6.07, 6.45) is 2.48. The number of pyridine rings is 1. The van der Waals surface area contributed by atoms with Gasteiger partial charge >= 0.3 is 18.1 Å². The Bertz CT molecular complexity index is 1660.